The number of alkyl halides is 1. The van der Waals surface area contributed by atoms with E-state index in [1.165, 1.54) is 45.6 Å². The van der Waals surface area contributed by atoms with E-state index in [1.807, 2.05) is 0 Å². The van der Waals surface area contributed by atoms with Crippen LogP contribution in [-0.2, 0) is 31.0 Å². The van der Waals surface area contributed by atoms with Gasteiger partial charge in [0.2, 0.25) is 12.5 Å². The molecule has 4 atom stereocenters. The van der Waals surface area contributed by atoms with E-state index in [0.29, 0.717) is 51.0 Å². The fourth-order valence-corrected chi connectivity index (χ4v) is 8.28. The maximum absolute atomic E-state index is 13.7. The zero-order chi connectivity index (χ0) is 36.1. The number of cyclic esters (lactones) is 1. The fraction of sp³-hybridized carbons (Fsp3) is 0.286. The molecule has 266 valence electrons. The van der Waals surface area contributed by atoms with Crippen LogP contribution in [0, 0.1) is 16.0 Å². The van der Waals surface area contributed by atoms with Crippen molar-refractivity contribution in [1.82, 2.24) is 0 Å². The van der Waals surface area contributed by atoms with Crippen LogP contribution in [0.25, 0.3) is 0 Å². The number of para-hydroxylation sites is 1. The van der Waals surface area contributed by atoms with Crippen molar-refractivity contribution in [2.45, 2.75) is 28.4 Å². The second-order valence-corrected chi connectivity index (χ2v) is 14.0. The molecular formula is C35H30ClNO13S. The van der Waals surface area contributed by atoms with Crippen molar-refractivity contribution in [3.8, 4) is 34.5 Å². The lowest BCUT2D eigenvalue weighted by molar-refractivity contribution is -0.385. The molecule has 0 radical (unpaired) electrons. The molecule has 3 aliphatic rings. The van der Waals surface area contributed by atoms with E-state index in [0.717, 1.165) is 6.07 Å². The first kappa shape index (κ1) is 34.2. The van der Waals surface area contributed by atoms with Crippen molar-refractivity contribution in [2.24, 2.45) is 5.92 Å². The number of nitro benzene ring substituents is 1. The molecular weight excluding hydrogens is 710 g/mol. The molecule has 14 nitrogen and oxygen atoms in total. The number of esters is 1. The van der Waals surface area contributed by atoms with Crippen LogP contribution >= 0.6 is 11.6 Å². The number of benzene rings is 4. The lowest BCUT2D eigenvalue weighted by Crippen LogP contribution is -2.48. The molecule has 16 heteroatoms. The largest absolute Gasteiger partial charge is 0.493 e. The Hall–Kier alpha value is -5.25. The third-order valence-electron chi connectivity index (χ3n) is 9.16. The van der Waals surface area contributed by atoms with E-state index in [1.54, 1.807) is 42.5 Å². The summed E-state index contributed by atoms with van der Waals surface area (Å²) in [4.78, 5) is 22.2. The van der Waals surface area contributed by atoms with Crippen LogP contribution in [0.5, 0.6) is 34.5 Å². The highest BCUT2D eigenvalue weighted by atomic mass is 35.5. The summed E-state index contributed by atoms with van der Waals surface area (Å²) >= 11 is 7.47. The quantitative estimate of drug-likeness (QED) is 0.0607. The van der Waals surface area contributed by atoms with Gasteiger partial charge in [-0.05, 0) is 53.1 Å². The summed E-state index contributed by atoms with van der Waals surface area (Å²) in [7, 11) is -0.0305. The number of carbonyl (C=O) groups excluding carboxylic acids is 1. The monoisotopic (exact) mass is 739 g/mol. The van der Waals surface area contributed by atoms with Crippen molar-refractivity contribution in [3.63, 3.8) is 0 Å². The second kappa shape index (κ2) is 13.1. The third kappa shape index (κ3) is 5.80. The van der Waals surface area contributed by atoms with Crippen LogP contribution in [0.15, 0.2) is 77.7 Å². The van der Waals surface area contributed by atoms with E-state index in [9.17, 15) is 23.3 Å². The molecule has 0 aromatic heterocycles. The number of nitrogens with zero attached hydrogens (tertiary/aromatic N) is 1. The van der Waals surface area contributed by atoms with Crippen molar-refractivity contribution in [2.75, 3.05) is 34.7 Å². The molecule has 0 amide bonds. The Bertz CT molecular complexity index is 2130. The Morgan fingerprint density at radius 2 is 1.57 bits per heavy atom. The Balaban J connectivity index is 1.29. The first-order valence-corrected chi connectivity index (χ1v) is 17.3. The average Bonchev–Trinajstić information content (AvgIpc) is 3.71. The molecule has 1 saturated heterocycles. The Morgan fingerprint density at radius 1 is 0.882 bits per heavy atom. The first-order valence-electron chi connectivity index (χ1n) is 15.5. The third-order valence-corrected chi connectivity index (χ3v) is 11.0. The number of fused-ring (bicyclic) bond motifs is 3. The van der Waals surface area contributed by atoms with E-state index < -0.39 is 54.4 Å². The van der Waals surface area contributed by atoms with Gasteiger partial charge in [0.25, 0.3) is 5.69 Å². The molecule has 7 rings (SSSR count). The van der Waals surface area contributed by atoms with Crippen LogP contribution in [-0.4, -0.2) is 58.9 Å². The van der Waals surface area contributed by atoms with E-state index >= 15 is 0 Å². The molecule has 4 aromatic carbocycles. The molecule has 0 saturated carbocycles. The number of halogens is 1. The van der Waals surface area contributed by atoms with E-state index in [-0.39, 0.29) is 25.8 Å². The van der Waals surface area contributed by atoms with Crippen LogP contribution in [0.1, 0.15) is 34.3 Å². The van der Waals surface area contributed by atoms with Crippen molar-refractivity contribution in [3.05, 3.63) is 105 Å². The van der Waals surface area contributed by atoms with Crippen LogP contribution in [0.3, 0.4) is 0 Å². The average molecular weight is 740 g/mol. The van der Waals surface area contributed by atoms with Gasteiger partial charge in [-0.2, -0.15) is 8.42 Å². The highest BCUT2D eigenvalue weighted by Gasteiger charge is 2.64. The lowest BCUT2D eigenvalue weighted by atomic mass is 9.65. The molecule has 0 spiro atoms. The number of carbonyl (C=O) groups is 1. The predicted octanol–water partition coefficient (Wildman–Crippen LogP) is 5.67. The van der Waals surface area contributed by atoms with Gasteiger partial charge in [-0.25, -0.2) is 0 Å². The summed E-state index contributed by atoms with van der Waals surface area (Å²) in [5, 5.41) is 11.3. The zero-order valence-corrected chi connectivity index (χ0v) is 28.9. The summed E-state index contributed by atoms with van der Waals surface area (Å²) in [6, 6.07) is 17.8. The molecule has 2 heterocycles. The molecule has 0 unspecified atom stereocenters. The molecule has 2 aliphatic heterocycles. The second-order valence-electron chi connectivity index (χ2n) is 11.8. The van der Waals surface area contributed by atoms with Crippen LogP contribution in [0.2, 0.25) is 0 Å². The number of rotatable bonds is 11. The number of hydrogen-bond acceptors (Lipinski definition) is 13. The number of non-ortho nitro benzene ring substituents is 1. The predicted molar refractivity (Wildman–Crippen MR) is 178 cm³/mol. The van der Waals surface area contributed by atoms with Gasteiger partial charge in [0, 0.05) is 23.6 Å². The molecule has 0 bridgehead atoms. The van der Waals surface area contributed by atoms with Gasteiger partial charge in [0.1, 0.15) is 10.6 Å². The van der Waals surface area contributed by atoms with Gasteiger partial charge in [-0.15, -0.1) is 11.6 Å². The van der Waals surface area contributed by atoms with Crippen molar-refractivity contribution in [1.29, 1.82) is 0 Å². The van der Waals surface area contributed by atoms with Gasteiger partial charge in [-0.3, -0.25) is 14.9 Å². The summed E-state index contributed by atoms with van der Waals surface area (Å²) in [5.41, 5.74) is 1.75. The fourth-order valence-electron chi connectivity index (χ4n) is 6.80. The Kier molecular flexibility index (Phi) is 8.81. The van der Waals surface area contributed by atoms with Crippen molar-refractivity contribution >= 4 is 33.4 Å². The Labute approximate surface area is 296 Å². The molecule has 4 aromatic rings. The van der Waals surface area contributed by atoms with Crippen LogP contribution in [0.4, 0.5) is 5.69 Å². The number of methoxy groups -OCH3 is 3. The van der Waals surface area contributed by atoms with E-state index in [4.69, 9.17) is 48.9 Å². The van der Waals surface area contributed by atoms with Gasteiger partial charge in [0.15, 0.2) is 27.9 Å². The number of hydrogen-bond donors (Lipinski definition) is 0. The first-order chi connectivity index (χ1) is 24.5. The molecule has 0 N–H and O–H groups in total. The van der Waals surface area contributed by atoms with Crippen molar-refractivity contribution < 1.29 is 55.5 Å². The summed E-state index contributed by atoms with van der Waals surface area (Å²) in [6.07, 6.45) is -0.863. The minimum atomic E-state index is -4.48. The van der Waals surface area contributed by atoms with Crippen LogP contribution < -0.4 is 27.9 Å². The normalized spacial score (nSPS) is 21.6. The van der Waals surface area contributed by atoms with Gasteiger partial charge >= 0.3 is 16.1 Å². The SMILES string of the molecule is COc1cc([C@@H]2c3cc4c(cc3[C@H](OCc3ccccc3OS(=O)(=O)c3cccc([N+](=O)[O-])c3)[C@H]3COC(=O)[C@]23Cl)OCO4)cc(OC)c1OC. The number of ether oxygens (including phenoxy) is 7. The summed E-state index contributed by atoms with van der Waals surface area (Å²) < 4.78 is 72.4. The summed E-state index contributed by atoms with van der Waals surface area (Å²) in [5.74, 6) is -0.300. The molecule has 1 fully saturated rings. The standard InChI is InChI=1S/C35H30ClNO13S/c1-43-29-11-20(12-30(44-2)33(29)45-3)31-23-14-27-28(49-18-48-27)15-24(23)32(25-17-47-34(38)35(25,31)36)46-16-19-7-4-5-10-26(19)50-51(41,42)22-9-6-8-21(13-22)37(39)40/h4-15,25,31-32H,16-18H2,1-3H3/t25-,31-,32+,35-/m1/s1. The van der Waals surface area contributed by atoms with Gasteiger partial charge in [0.05, 0.1) is 51.5 Å². The highest BCUT2D eigenvalue weighted by Crippen LogP contribution is 2.61. The highest BCUT2D eigenvalue weighted by molar-refractivity contribution is 7.87. The minimum absolute atomic E-state index is 0.0140. The minimum Gasteiger partial charge on any atom is -0.493 e. The number of nitro groups is 1. The van der Waals surface area contributed by atoms with E-state index in [2.05, 4.69) is 0 Å². The molecule has 51 heavy (non-hydrogen) atoms. The summed E-state index contributed by atoms with van der Waals surface area (Å²) in [6.45, 7) is -0.285. The van der Waals surface area contributed by atoms with Gasteiger partial charge in [-0.1, -0.05) is 24.3 Å². The topological polar surface area (TPSA) is 168 Å². The smallest absolute Gasteiger partial charge is 0.339 e. The maximum Gasteiger partial charge on any atom is 0.339 e. The zero-order valence-electron chi connectivity index (χ0n) is 27.3. The molecule has 1 aliphatic carbocycles. The maximum atomic E-state index is 13.7. The lowest BCUT2D eigenvalue weighted by Gasteiger charge is -2.43. The van der Waals surface area contributed by atoms with Gasteiger partial charge < -0.3 is 37.3 Å². The Morgan fingerprint density at radius 3 is 2.24 bits per heavy atom.